The first-order valence-electron chi connectivity index (χ1n) is 8.23. The van der Waals surface area contributed by atoms with Crippen molar-refractivity contribution in [3.63, 3.8) is 0 Å². The lowest BCUT2D eigenvalue weighted by molar-refractivity contribution is 0.233. The fourth-order valence-electron chi connectivity index (χ4n) is 2.53. The molecule has 2 heterocycles. The Morgan fingerprint density at radius 3 is 2.72 bits per heavy atom. The zero-order valence-corrected chi connectivity index (χ0v) is 14.5. The quantitative estimate of drug-likeness (QED) is 0.743. The lowest BCUT2D eigenvalue weighted by Gasteiger charge is -2.18. The number of nitrogens with zero attached hydrogens (tertiary/aromatic N) is 4. The Bertz CT molecular complexity index is 922. The van der Waals surface area contributed by atoms with Crippen LogP contribution in [0, 0.1) is 0 Å². The molecule has 0 aliphatic carbocycles. The Morgan fingerprint density at radius 2 is 1.92 bits per heavy atom. The third-order valence-corrected chi connectivity index (χ3v) is 3.60. The van der Waals surface area contributed by atoms with E-state index in [0.717, 1.165) is 5.39 Å². The molecule has 130 valence electrons. The van der Waals surface area contributed by atoms with Crippen LogP contribution in [0.4, 0.5) is 5.82 Å². The van der Waals surface area contributed by atoms with E-state index in [4.69, 9.17) is 4.74 Å². The summed E-state index contributed by atoms with van der Waals surface area (Å²) in [5.74, 6) is 1.00. The van der Waals surface area contributed by atoms with Gasteiger partial charge in [0.05, 0.1) is 24.2 Å². The van der Waals surface area contributed by atoms with Crippen molar-refractivity contribution in [1.29, 1.82) is 0 Å². The molecule has 25 heavy (non-hydrogen) atoms. The standard InChI is InChI=1S/C18H21N5O2/c1-12(2)25-17-16(19-8-9-20-17)22-13(3)11-23-18(24)15-7-5-4-6-14(15)10-21-23/h4-10,12-13H,11H2,1-3H3,(H,19,22)/t13-/m0/s1. The molecule has 3 rings (SSSR count). The van der Waals surface area contributed by atoms with Crippen LogP contribution in [0.2, 0.25) is 0 Å². The molecule has 3 aromatic rings. The first-order chi connectivity index (χ1) is 12.0. The van der Waals surface area contributed by atoms with Gasteiger partial charge in [-0.15, -0.1) is 0 Å². The van der Waals surface area contributed by atoms with Crippen LogP contribution >= 0.6 is 0 Å². The molecule has 0 aliphatic rings. The van der Waals surface area contributed by atoms with Gasteiger partial charge in [0.1, 0.15) is 0 Å². The number of aromatic nitrogens is 4. The number of ether oxygens (including phenoxy) is 1. The predicted molar refractivity (Wildman–Crippen MR) is 96.9 cm³/mol. The zero-order chi connectivity index (χ0) is 17.8. The molecule has 0 spiro atoms. The van der Waals surface area contributed by atoms with E-state index in [1.54, 1.807) is 18.6 Å². The Hall–Kier alpha value is -2.96. The van der Waals surface area contributed by atoms with Crippen molar-refractivity contribution in [3.8, 4) is 5.88 Å². The summed E-state index contributed by atoms with van der Waals surface area (Å²) in [7, 11) is 0. The van der Waals surface area contributed by atoms with Gasteiger partial charge in [0.2, 0.25) is 0 Å². The second kappa shape index (κ2) is 7.29. The van der Waals surface area contributed by atoms with Crippen molar-refractivity contribution in [1.82, 2.24) is 19.7 Å². The van der Waals surface area contributed by atoms with E-state index in [0.29, 0.717) is 23.6 Å². The predicted octanol–water partition coefficient (Wildman–Crippen LogP) is 2.47. The van der Waals surface area contributed by atoms with Gasteiger partial charge in [-0.2, -0.15) is 5.10 Å². The normalized spacial score (nSPS) is 12.3. The Kier molecular flexibility index (Phi) is 4.92. The largest absolute Gasteiger partial charge is 0.472 e. The van der Waals surface area contributed by atoms with Crippen LogP contribution in [-0.4, -0.2) is 31.9 Å². The zero-order valence-electron chi connectivity index (χ0n) is 14.5. The summed E-state index contributed by atoms with van der Waals surface area (Å²) >= 11 is 0. The molecule has 2 aromatic heterocycles. The summed E-state index contributed by atoms with van der Waals surface area (Å²) in [6.45, 7) is 6.22. The van der Waals surface area contributed by atoms with Gasteiger partial charge in [0.15, 0.2) is 5.82 Å². The molecular formula is C18H21N5O2. The fraction of sp³-hybridized carbons (Fsp3) is 0.333. The van der Waals surface area contributed by atoms with Crippen LogP contribution in [0.3, 0.4) is 0 Å². The highest BCUT2D eigenvalue weighted by Gasteiger charge is 2.13. The molecule has 7 nitrogen and oxygen atoms in total. The summed E-state index contributed by atoms with van der Waals surface area (Å²) in [5.41, 5.74) is -0.107. The van der Waals surface area contributed by atoms with Gasteiger partial charge in [-0.05, 0) is 26.8 Å². The van der Waals surface area contributed by atoms with Gasteiger partial charge in [0.25, 0.3) is 11.4 Å². The molecule has 0 unspecified atom stereocenters. The minimum atomic E-state index is -0.107. The summed E-state index contributed by atoms with van der Waals surface area (Å²) in [6.07, 6.45) is 4.89. The Balaban J connectivity index is 1.79. The Labute approximate surface area is 145 Å². The van der Waals surface area contributed by atoms with Crippen LogP contribution < -0.4 is 15.6 Å². The molecule has 0 saturated carbocycles. The SMILES string of the molecule is CC(C)Oc1nccnc1N[C@@H](C)Cn1ncc2ccccc2c1=O. The molecule has 0 fully saturated rings. The van der Waals surface area contributed by atoms with Gasteiger partial charge in [-0.25, -0.2) is 14.6 Å². The molecule has 7 heteroatoms. The van der Waals surface area contributed by atoms with Crippen molar-refractivity contribution in [3.05, 3.63) is 53.2 Å². The van der Waals surface area contributed by atoms with Crippen molar-refractivity contribution >= 4 is 16.6 Å². The lowest BCUT2D eigenvalue weighted by atomic mass is 10.2. The van der Waals surface area contributed by atoms with Crippen molar-refractivity contribution < 1.29 is 4.74 Å². The average molecular weight is 339 g/mol. The van der Waals surface area contributed by atoms with E-state index in [1.165, 1.54) is 4.68 Å². The average Bonchev–Trinajstić information content (AvgIpc) is 2.59. The molecule has 0 bridgehead atoms. The highest BCUT2D eigenvalue weighted by molar-refractivity contribution is 5.80. The van der Waals surface area contributed by atoms with Crippen LogP contribution in [0.15, 0.2) is 47.7 Å². The maximum Gasteiger partial charge on any atom is 0.274 e. The first-order valence-corrected chi connectivity index (χ1v) is 8.23. The summed E-state index contributed by atoms with van der Waals surface area (Å²) < 4.78 is 7.12. The summed E-state index contributed by atoms with van der Waals surface area (Å²) in [5, 5.41) is 9.00. The molecule has 1 N–H and O–H groups in total. The van der Waals surface area contributed by atoms with Gasteiger partial charge in [-0.1, -0.05) is 18.2 Å². The topological polar surface area (TPSA) is 81.9 Å². The van der Waals surface area contributed by atoms with Gasteiger partial charge >= 0.3 is 0 Å². The third kappa shape index (κ3) is 3.93. The monoisotopic (exact) mass is 339 g/mol. The smallest absolute Gasteiger partial charge is 0.274 e. The summed E-state index contributed by atoms with van der Waals surface area (Å²) in [4.78, 5) is 21.0. The number of nitrogens with one attached hydrogen (secondary N) is 1. The first kappa shape index (κ1) is 16.9. The van der Waals surface area contributed by atoms with Gasteiger partial charge in [0, 0.05) is 23.8 Å². The van der Waals surface area contributed by atoms with Crippen molar-refractivity contribution in [2.75, 3.05) is 5.32 Å². The van der Waals surface area contributed by atoms with Gasteiger partial charge in [-0.3, -0.25) is 4.79 Å². The van der Waals surface area contributed by atoms with E-state index in [9.17, 15) is 4.79 Å². The molecule has 0 radical (unpaired) electrons. The second-order valence-electron chi connectivity index (χ2n) is 6.14. The molecule has 1 atom stereocenters. The third-order valence-electron chi connectivity index (χ3n) is 3.60. The van der Waals surface area contributed by atoms with E-state index in [-0.39, 0.29) is 17.7 Å². The molecule has 0 saturated heterocycles. The number of benzene rings is 1. The minimum absolute atomic E-state index is 0.00247. The number of rotatable bonds is 6. The van der Waals surface area contributed by atoms with Crippen LogP contribution in [0.5, 0.6) is 5.88 Å². The maximum atomic E-state index is 12.5. The number of anilines is 1. The van der Waals surface area contributed by atoms with E-state index in [2.05, 4.69) is 20.4 Å². The molecular weight excluding hydrogens is 318 g/mol. The van der Waals surface area contributed by atoms with E-state index >= 15 is 0 Å². The maximum absolute atomic E-state index is 12.5. The minimum Gasteiger partial charge on any atom is -0.472 e. The van der Waals surface area contributed by atoms with E-state index in [1.807, 2.05) is 45.0 Å². The van der Waals surface area contributed by atoms with Gasteiger partial charge < -0.3 is 10.1 Å². The molecule has 0 aliphatic heterocycles. The fourth-order valence-corrected chi connectivity index (χ4v) is 2.53. The molecule has 1 aromatic carbocycles. The molecule has 0 amide bonds. The van der Waals surface area contributed by atoms with Crippen molar-refractivity contribution in [2.45, 2.75) is 39.5 Å². The second-order valence-corrected chi connectivity index (χ2v) is 6.14. The van der Waals surface area contributed by atoms with Crippen molar-refractivity contribution in [2.24, 2.45) is 0 Å². The van der Waals surface area contributed by atoms with E-state index < -0.39 is 0 Å². The number of hydrogen-bond donors (Lipinski definition) is 1. The number of fused-ring (bicyclic) bond motifs is 1. The van der Waals surface area contributed by atoms with Crippen LogP contribution in [0.1, 0.15) is 20.8 Å². The highest BCUT2D eigenvalue weighted by atomic mass is 16.5. The van der Waals surface area contributed by atoms with Crippen LogP contribution in [-0.2, 0) is 6.54 Å². The van der Waals surface area contributed by atoms with Crippen LogP contribution in [0.25, 0.3) is 10.8 Å². The number of hydrogen-bond acceptors (Lipinski definition) is 6. The highest BCUT2D eigenvalue weighted by Crippen LogP contribution is 2.19. The summed E-state index contributed by atoms with van der Waals surface area (Å²) in [6, 6.07) is 7.35. The lowest BCUT2D eigenvalue weighted by Crippen LogP contribution is -2.31. The Morgan fingerprint density at radius 1 is 1.16 bits per heavy atom.